The number of para-hydroxylation sites is 1. The van der Waals surface area contributed by atoms with Gasteiger partial charge in [0.15, 0.2) is 11.6 Å². The van der Waals surface area contributed by atoms with Crippen molar-refractivity contribution in [3.05, 3.63) is 41.8 Å². The van der Waals surface area contributed by atoms with E-state index >= 15 is 0 Å². The third kappa shape index (κ3) is 3.73. The molecule has 0 radical (unpaired) electrons. The van der Waals surface area contributed by atoms with E-state index in [2.05, 4.69) is 20.7 Å². The molecule has 3 aromatic rings. The molecule has 0 saturated heterocycles. The predicted octanol–water partition coefficient (Wildman–Crippen LogP) is 2.63. The van der Waals surface area contributed by atoms with Crippen LogP contribution in [0.15, 0.2) is 30.5 Å². The van der Waals surface area contributed by atoms with E-state index in [0.717, 1.165) is 42.7 Å². The number of anilines is 3. The number of pyridine rings is 1. The summed E-state index contributed by atoms with van der Waals surface area (Å²) in [5, 5.41) is 11.4. The van der Waals surface area contributed by atoms with Crippen molar-refractivity contribution in [3.63, 3.8) is 0 Å². The van der Waals surface area contributed by atoms with Crippen LogP contribution in [-0.4, -0.2) is 32.8 Å². The molecule has 2 heterocycles. The van der Waals surface area contributed by atoms with Crippen LogP contribution in [0, 0.1) is 5.82 Å². The van der Waals surface area contributed by atoms with E-state index in [0.29, 0.717) is 5.69 Å². The lowest BCUT2D eigenvalue weighted by Crippen LogP contribution is -2.43. The van der Waals surface area contributed by atoms with Crippen molar-refractivity contribution < 1.29 is 9.18 Å². The van der Waals surface area contributed by atoms with Gasteiger partial charge in [-0.05, 0) is 25.0 Å². The Hall–Kier alpha value is -3.20. The van der Waals surface area contributed by atoms with Gasteiger partial charge >= 0.3 is 0 Å². The first-order valence-corrected chi connectivity index (χ1v) is 9.64. The zero-order chi connectivity index (χ0) is 20.5. The molecule has 6 N–H and O–H groups in total. The van der Waals surface area contributed by atoms with Gasteiger partial charge in [-0.15, -0.1) is 0 Å². The Morgan fingerprint density at radius 1 is 1.28 bits per heavy atom. The summed E-state index contributed by atoms with van der Waals surface area (Å²) in [5.74, 6) is -1.17. The fourth-order valence-corrected chi connectivity index (χ4v) is 3.85. The molecule has 0 aliphatic heterocycles. The zero-order valence-corrected chi connectivity index (χ0v) is 16.2. The monoisotopic (exact) mass is 397 g/mol. The molecule has 1 amide bonds. The lowest BCUT2D eigenvalue weighted by atomic mass is 9.91. The van der Waals surface area contributed by atoms with Gasteiger partial charge in [0.1, 0.15) is 5.82 Å². The highest BCUT2D eigenvalue weighted by Gasteiger charge is 2.24. The Morgan fingerprint density at radius 2 is 2.07 bits per heavy atom. The van der Waals surface area contributed by atoms with Gasteiger partial charge in [0.05, 0.1) is 23.0 Å². The number of nitrogens with zero attached hydrogens (tertiary/aromatic N) is 3. The van der Waals surface area contributed by atoms with E-state index in [1.54, 1.807) is 10.9 Å². The molecule has 1 fully saturated rings. The second-order valence-corrected chi connectivity index (χ2v) is 7.41. The lowest BCUT2D eigenvalue weighted by Gasteiger charge is -2.30. The van der Waals surface area contributed by atoms with Crippen molar-refractivity contribution >= 4 is 34.1 Å². The lowest BCUT2D eigenvalue weighted by molar-refractivity contribution is 0.100. The molecule has 8 nitrogen and oxygen atoms in total. The van der Waals surface area contributed by atoms with Gasteiger partial charge in [-0.2, -0.15) is 5.10 Å². The van der Waals surface area contributed by atoms with Crippen molar-refractivity contribution in [2.24, 2.45) is 18.5 Å². The fraction of sp³-hybridized carbons (Fsp3) is 0.350. The minimum absolute atomic E-state index is 0.0276. The summed E-state index contributed by atoms with van der Waals surface area (Å²) in [6.07, 6.45) is 5.56. The summed E-state index contributed by atoms with van der Waals surface area (Å²) in [6.45, 7) is 0. The number of hydrogen-bond donors (Lipinski definition) is 4. The maximum atomic E-state index is 14.7. The molecular formula is C20H24FN7O. The van der Waals surface area contributed by atoms with E-state index in [1.807, 2.05) is 25.2 Å². The number of rotatable bonds is 5. The van der Waals surface area contributed by atoms with E-state index in [1.165, 1.54) is 0 Å². The molecular weight excluding hydrogens is 373 g/mol. The minimum atomic E-state index is -0.767. The normalized spacial score (nSPS) is 19.3. The second kappa shape index (κ2) is 7.67. The maximum Gasteiger partial charge on any atom is 0.252 e. The number of aromatic nitrogens is 3. The van der Waals surface area contributed by atoms with Crippen molar-refractivity contribution in [1.82, 2.24) is 14.8 Å². The molecule has 0 spiro atoms. The number of halogens is 1. The number of primary amides is 1. The second-order valence-electron chi connectivity index (χ2n) is 7.41. The summed E-state index contributed by atoms with van der Waals surface area (Å²) < 4.78 is 16.4. The average Bonchev–Trinajstić information content (AvgIpc) is 3.07. The Kier molecular flexibility index (Phi) is 5.06. The molecule has 9 heteroatoms. The van der Waals surface area contributed by atoms with Crippen LogP contribution >= 0.6 is 0 Å². The van der Waals surface area contributed by atoms with Crippen molar-refractivity contribution in [2.45, 2.75) is 37.8 Å². The SMILES string of the molecule is Cn1ncc2cccc(Nc3nc(NC4CCCCC4N)c(F)cc3C(N)=O)c21. The largest absolute Gasteiger partial charge is 0.365 e. The fourth-order valence-electron chi connectivity index (χ4n) is 3.85. The van der Waals surface area contributed by atoms with Crippen molar-refractivity contribution in [1.29, 1.82) is 0 Å². The average molecular weight is 397 g/mol. The van der Waals surface area contributed by atoms with Crippen LogP contribution < -0.4 is 22.1 Å². The van der Waals surface area contributed by atoms with Crippen LogP contribution in [0.1, 0.15) is 36.0 Å². The van der Waals surface area contributed by atoms with Gasteiger partial charge in [-0.1, -0.05) is 25.0 Å². The first-order chi connectivity index (χ1) is 13.9. The molecule has 1 aliphatic carbocycles. The highest BCUT2D eigenvalue weighted by atomic mass is 19.1. The summed E-state index contributed by atoms with van der Waals surface area (Å²) in [4.78, 5) is 16.3. The molecule has 29 heavy (non-hydrogen) atoms. The Balaban J connectivity index is 1.72. The molecule has 2 atom stereocenters. The number of nitrogens with one attached hydrogen (secondary N) is 2. The number of carbonyl (C=O) groups is 1. The molecule has 1 saturated carbocycles. The topological polar surface area (TPSA) is 124 Å². The number of fused-ring (bicyclic) bond motifs is 1. The molecule has 1 aliphatic rings. The third-order valence-corrected chi connectivity index (χ3v) is 5.40. The van der Waals surface area contributed by atoms with Crippen LogP contribution in [0.3, 0.4) is 0 Å². The number of aryl methyl sites for hydroxylation is 1. The zero-order valence-electron chi connectivity index (χ0n) is 16.2. The molecule has 1 aromatic carbocycles. The number of hydrogen-bond acceptors (Lipinski definition) is 6. The minimum Gasteiger partial charge on any atom is -0.365 e. The van der Waals surface area contributed by atoms with Crippen LogP contribution in [0.25, 0.3) is 10.9 Å². The third-order valence-electron chi connectivity index (χ3n) is 5.40. The van der Waals surface area contributed by atoms with Gasteiger partial charge in [0, 0.05) is 24.5 Å². The van der Waals surface area contributed by atoms with Crippen molar-refractivity contribution in [2.75, 3.05) is 10.6 Å². The van der Waals surface area contributed by atoms with Gasteiger partial charge in [0.2, 0.25) is 0 Å². The smallest absolute Gasteiger partial charge is 0.252 e. The standard InChI is InChI=1S/C20H24FN7O/c1-28-17-11(10-24-28)5-4-8-16(17)26-19-12(18(23)29)9-13(21)20(27-19)25-15-7-3-2-6-14(15)22/h4-5,8-10,14-15H,2-3,6-7,22H2,1H3,(H2,23,29)(H2,25,26,27). The summed E-state index contributed by atoms with van der Waals surface area (Å²) in [5.41, 5.74) is 13.1. The molecule has 0 bridgehead atoms. The number of benzene rings is 1. The van der Waals surface area contributed by atoms with Gasteiger partial charge < -0.3 is 22.1 Å². The molecule has 152 valence electrons. The molecule has 2 aromatic heterocycles. The van der Waals surface area contributed by atoms with Gasteiger partial charge in [-0.25, -0.2) is 9.37 Å². The highest BCUT2D eigenvalue weighted by Crippen LogP contribution is 2.29. The molecule has 2 unspecified atom stereocenters. The van der Waals surface area contributed by atoms with E-state index in [-0.39, 0.29) is 29.3 Å². The Labute approximate surface area is 167 Å². The first-order valence-electron chi connectivity index (χ1n) is 9.64. The maximum absolute atomic E-state index is 14.7. The Morgan fingerprint density at radius 3 is 2.83 bits per heavy atom. The predicted molar refractivity (Wildman–Crippen MR) is 111 cm³/mol. The van der Waals surface area contributed by atoms with E-state index in [4.69, 9.17) is 11.5 Å². The number of amides is 1. The summed E-state index contributed by atoms with van der Waals surface area (Å²) in [7, 11) is 1.82. The van der Waals surface area contributed by atoms with Crippen LogP contribution in [0.4, 0.5) is 21.7 Å². The van der Waals surface area contributed by atoms with Crippen LogP contribution in [0.5, 0.6) is 0 Å². The van der Waals surface area contributed by atoms with Gasteiger partial charge in [0.25, 0.3) is 5.91 Å². The summed E-state index contributed by atoms with van der Waals surface area (Å²) >= 11 is 0. The van der Waals surface area contributed by atoms with Gasteiger partial charge in [-0.3, -0.25) is 9.48 Å². The number of nitrogens with two attached hydrogens (primary N) is 2. The van der Waals surface area contributed by atoms with Crippen LogP contribution in [0.2, 0.25) is 0 Å². The first kappa shape index (κ1) is 19.1. The quantitative estimate of drug-likeness (QED) is 0.525. The van der Waals surface area contributed by atoms with Crippen molar-refractivity contribution in [3.8, 4) is 0 Å². The summed E-state index contributed by atoms with van der Waals surface area (Å²) in [6, 6.07) is 6.60. The molecule has 4 rings (SSSR count). The van der Waals surface area contributed by atoms with Crippen LogP contribution in [-0.2, 0) is 7.05 Å². The highest BCUT2D eigenvalue weighted by molar-refractivity contribution is 6.00. The van der Waals surface area contributed by atoms with E-state index in [9.17, 15) is 9.18 Å². The number of carbonyl (C=O) groups excluding carboxylic acids is 1. The van der Waals surface area contributed by atoms with E-state index < -0.39 is 11.7 Å². The Bertz CT molecular complexity index is 1060.